The van der Waals surface area contributed by atoms with Crippen molar-refractivity contribution < 1.29 is 23.9 Å². The number of carbonyl (C=O) groups is 3. The van der Waals surface area contributed by atoms with Gasteiger partial charge in [0.25, 0.3) is 0 Å². The van der Waals surface area contributed by atoms with Gasteiger partial charge in [0.2, 0.25) is 5.91 Å². The van der Waals surface area contributed by atoms with Gasteiger partial charge in [-0.1, -0.05) is 30.3 Å². The van der Waals surface area contributed by atoms with Gasteiger partial charge in [0.15, 0.2) is 0 Å². The van der Waals surface area contributed by atoms with Gasteiger partial charge in [-0.25, -0.2) is 4.79 Å². The summed E-state index contributed by atoms with van der Waals surface area (Å²) in [6.45, 7) is 0. The number of ether oxygens (including phenoxy) is 2. The maximum absolute atomic E-state index is 11.8. The van der Waals surface area contributed by atoms with Gasteiger partial charge in [0.05, 0.1) is 14.2 Å². The number of rotatable bonds is 7. The SMILES string of the molecule is COC(=O)CC[C@@H](NC(=O)/C=C/c1ccccc1)C(=O)OC. The molecular formula is C16H19NO5. The third-order valence-electron chi connectivity index (χ3n) is 2.89. The molecule has 6 heteroatoms. The van der Waals surface area contributed by atoms with Gasteiger partial charge in [-0.3, -0.25) is 9.59 Å². The first-order chi connectivity index (χ1) is 10.6. The molecule has 0 bridgehead atoms. The van der Waals surface area contributed by atoms with E-state index in [-0.39, 0.29) is 12.8 Å². The normalized spacial score (nSPS) is 11.7. The molecule has 0 aliphatic heterocycles. The second-order valence-electron chi connectivity index (χ2n) is 4.44. The minimum Gasteiger partial charge on any atom is -0.469 e. The quantitative estimate of drug-likeness (QED) is 0.607. The van der Waals surface area contributed by atoms with Gasteiger partial charge in [-0.15, -0.1) is 0 Å². The topological polar surface area (TPSA) is 81.7 Å². The number of benzene rings is 1. The Bertz CT molecular complexity index is 539. The molecule has 22 heavy (non-hydrogen) atoms. The minimum absolute atomic E-state index is 0.0128. The molecule has 0 radical (unpaired) electrons. The van der Waals surface area contributed by atoms with Gasteiger partial charge in [-0.05, 0) is 18.1 Å². The van der Waals surface area contributed by atoms with Crippen molar-refractivity contribution in [3.05, 3.63) is 42.0 Å². The monoisotopic (exact) mass is 305 g/mol. The van der Waals surface area contributed by atoms with E-state index < -0.39 is 23.9 Å². The molecule has 0 saturated carbocycles. The number of amides is 1. The second-order valence-corrected chi connectivity index (χ2v) is 4.44. The standard InChI is InChI=1S/C16H19NO5/c1-21-15(19)11-9-13(16(20)22-2)17-14(18)10-8-12-6-4-3-5-7-12/h3-8,10,13H,9,11H2,1-2H3,(H,17,18)/b10-8+/t13-/m1/s1. The molecule has 0 spiro atoms. The zero-order chi connectivity index (χ0) is 16.4. The Hall–Kier alpha value is -2.63. The minimum atomic E-state index is -0.892. The maximum atomic E-state index is 11.8. The molecular weight excluding hydrogens is 286 g/mol. The van der Waals surface area contributed by atoms with Crippen LogP contribution in [0.4, 0.5) is 0 Å². The van der Waals surface area contributed by atoms with Crippen molar-refractivity contribution in [3.63, 3.8) is 0 Å². The van der Waals surface area contributed by atoms with Crippen LogP contribution in [0.1, 0.15) is 18.4 Å². The van der Waals surface area contributed by atoms with Crippen LogP contribution < -0.4 is 5.32 Å². The van der Waals surface area contributed by atoms with Crippen LogP contribution in [0, 0.1) is 0 Å². The summed E-state index contributed by atoms with van der Waals surface area (Å²) in [6, 6.07) is 8.38. The predicted molar refractivity (Wildman–Crippen MR) is 80.7 cm³/mol. The molecule has 0 aliphatic carbocycles. The third kappa shape index (κ3) is 6.21. The summed E-state index contributed by atoms with van der Waals surface area (Å²) in [5, 5.41) is 2.51. The van der Waals surface area contributed by atoms with E-state index in [0.717, 1.165) is 5.56 Å². The molecule has 0 saturated heterocycles. The molecule has 118 valence electrons. The van der Waals surface area contributed by atoms with Crippen LogP contribution in [-0.4, -0.2) is 38.1 Å². The Balaban J connectivity index is 2.60. The molecule has 0 aromatic heterocycles. The lowest BCUT2D eigenvalue weighted by Crippen LogP contribution is -2.41. The van der Waals surface area contributed by atoms with Gasteiger partial charge in [0, 0.05) is 12.5 Å². The van der Waals surface area contributed by atoms with Gasteiger partial charge >= 0.3 is 11.9 Å². The van der Waals surface area contributed by atoms with Crippen LogP contribution >= 0.6 is 0 Å². The van der Waals surface area contributed by atoms with E-state index in [2.05, 4.69) is 14.8 Å². The number of esters is 2. The lowest BCUT2D eigenvalue weighted by atomic mass is 10.1. The molecule has 1 aromatic rings. The fourth-order valence-corrected chi connectivity index (χ4v) is 1.71. The zero-order valence-corrected chi connectivity index (χ0v) is 12.6. The van der Waals surface area contributed by atoms with E-state index in [4.69, 9.17) is 0 Å². The highest BCUT2D eigenvalue weighted by Gasteiger charge is 2.21. The second kappa shape index (κ2) is 9.33. The largest absolute Gasteiger partial charge is 0.469 e. The average Bonchev–Trinajstić information content (AvgIpc) is 2.56. The van der Waals surface area contributed by atoms with Crippen molar-refractivity contribution in [2.24, 2.45) is 0 Å². The highest BCUT2D eigenvalue weighted by molar-refractivity contribution is 5.94. The first-order valence-corrected chi connectivity index (χ1v) is 6.75. The number of methoxy groups -OCH3 is 2. The highest BCUT2D eigenvalue weighted by atomic mass is 16.5. The van der Waals surface area contributed by atoms with Crippen molar-refractivity contribution in [1.29, 1.82) is 0 Å². The summed E-state index contributed by atoms with van der Waals surface area (Å²) < 4.78 is 9.12. The first-order valence-electron chi connectivity index (χ1n) is 6.75. The zero-order valence-electron chi connectivity index (χ0n) is 12.6. The third-order valence-corrected chi connectivity index (χ3v) is 2.89. The molecule has 1 N–H and O–H groups in total. The Morgan fingerprint density at radius 2 is 1.82 bits per heavy atom. The number of nitrogens with one attached hydrogen (secondary N) is 1. The molecule has 0 unspecified atom stereocenters. The highest BCUT2D eigenvalue weighted by Crippen LogP contribution is 2.03. The smallest absolute Gasteiger partial charge is 0.328 e. The molecule has 6 nitrogen and oxygen atoms in total. The van der Waals surface area contributed by atoms with Crippen molar-refractivity contribution in [2.75, 3.05) is 14.2 Å². The summed E-state index contributed by atoms with van der Waals surface area (Å²) in [5.74, 6) is -1.50. The van der Waals surface area contributed by atoms with Crippen molar-refractivity contribution in [3.8, 4) is 0 Å². The summed E-state index contributed by atoms with van der Waals surface area (Å²) in [6.07, 6.45) is 3.08. The first kappa shape index (κ1) is 17.4. The fourth-order valence-electron chi connectivity index (χ4n) is 1.71. The Labute approximate surface area is 129 Å². The Kier molecular flexibility index (Phi) is 7.39. The van der Waals surface area contributed by atoms with E-state index in [0.29, 0.717) is 0 Å². The van der Waals surface area contributed by atoms with E-state index >= 15 is 0 Å². The summed E-state index contributed by atoms with van der Waals surface area (Å²) in [5.41, 5.74) is 0.863. The Morgan fingerprint density at radius 3 is 2.41 bits per heavy atom. The maximum Gasteiger partial charge on any atom is 0.328 e. The molecule has 0 aliphatic rings. The molecule has 1 atom stereocenters. The number of hydrogen-bond acceptors (Lipinski definition) is 5. The molecule has 1 amide bonds. The fraction of sp³-hybridized carbons (Fsp3) is 0.312. The lowest BCUT2D eigenvalue weighted by molar-refractivity contribution is -0.146. The van der Waals surface area contributed by atoms with Gasteiger partial charge in [0.1, 0.15) is 6.04 Å². The number of hydrogen-bond donors (Lipinski definition) is 1. The van der Waals surface area contributed by atoms with Crippen molar-refractivity contribution >= 4 is 23.9 Å². The molecule has 1 rings (SSSR count). The van der Waals surface area contributed by atoms with Crippen LogP contribution in [0.25, 0.3) is 6.08 Å². The molecule has 1 aromatic carbocycles. The van der Waals surface area contributed by atoms with E-state index in [9.17, 15) is 14.4 Å². The number of carbonyl (C=O) groups excluding carboxylic acids is 3. The van der Waals surface area contributed by atoms with Crippen LogP contribution in [0.3, 0.4) is 0 Å². The van der Waals surface area contributed by atoms with Crippen LogP contribution in [0.15, 0.2) is 36.4 Å². The average molecular weight is 305 g/mol. The van der Waals surface area contributed by atoms with E-state index in [1.807, 2.05) is 30.3 Å². The van der Waals surface area contributed by atoms with Crippen molar-refractivity contribution in [1.82, 2.24) is 5.32 Å². The van der Waals surface area contributed by atoms with Crippen LogP contribution in [0.2, 0.25) is 0 Å². The van der Waals surface area contributed by atoms with Crippen LogP contribution in [0.5, 0.6) is 0 Å². The Morgan fingerprint density at radius 1 is 1.14 bits per heavy atom. The van der Waals surface area contributed by atoms with Gasteiger partial charge < -0.3 is 14.8 Å². The van der Waals surface area contributed by atoms with Gasteiger partial charge in [-0.2, -0.15) is 0 Å². The van der Waals surface area contributed by atoms with Crippen LogP contribution in [-0.2, 0) is 23.9 Å². The van der Waals surface area contributed by atoms with Crippen molar-refractivity contribution in [2.45, 2.75) is 18.9 Å². The summed E-state index contributed by atoms with van der Waals surface area (Å²) >= 11 is 0. The lowest BCUT2D eigenvalue weighted by Gasteiger charge is -2.14. The molecule has 0 fully saturated rings. The molecule has 0 heterocycles. The van der Waals surface area contributed by atoms with E-state index in [1.54, 1.807) is 6.08 Å². The summed E-state index contributed by atoms with van der Waals surface area (Å²) in [4.78, 5) is 34.6. The summed E-state index contributed by atoms with van der Waals surface area (Å²) in [7, 11) is 2.48. The predicted octanol–water partition coefficient (Wildman–Crippen LogP) is 1.31. The van der Waals surface area contributed by atoms with E-state index in [1.165, 1.54) is 20.3 Å².